The van der Waals surface area contributed by atoms with Gasteiger partial charge in [-0.25, -0.2) is 0 Å². The quantitative estimate of drug-likeness (QED) is 0.645. The number of hydrogen-bond donors (Lipinski definition) is 1. The molecule has 0 spiro atoms. The Hall–Kier alpha value is 0.190. The Kier molecular flexibility index (Phi) is 2.48. The first kappa shape index (κ1) is 10.4. The zero-order valence-electron chi connectivity index (χ0n) is 9.27. The Morgan fingerprint density at radius 1 is 0.800 bits per heavy atom. The summed E-state index contributed by atoms with van der Waals surface area (Å²) in [4.78, 5) is 10.3. The van der Waals surface area contributed by atoms with Crippen molar-refractivity contribution < 1.29 is 9.46 Å². The molecule has 1 unspecified atom stereocenters. The van der Waals surface area contributed by atoms with Gasteiger partial charge < -0.3 is 4.89 Å². The molecule has 2 saturated carbocycles. The minimum Gasteiger partial charge on any atom is -0.344 e. The maximum atomic E-state index is 12.5. The highest BCUT2D eigenvalue weighted by atomic mass is 31.2. The third kappa shape index (κ3) is 1.45. The van der Waals surface area contributed by atoms with Gasteiger partial charge in [0.25, 0.3) is 0 Å². The monoisotopic (exact) mass is 228 g/mol. The maximum absolute atomic E-state index is 12.5. The Morgan fingerprint density at radius 3 is 1.67 bits per heavy atom. The van der Waals surface area contributed by atoms with Crippen LogP contribution in [-0.4, -0.2) is 16.2 Å². The first-order chi connectivity index (χ1) is 7.21. The molecule has 0 aromatic carbocycles. The van der Waals surface area contributed by atoms with Crippen molar-refractivity contribution in [1.29, 1.82) is 0 Å². The van der Waals surface area contributed by atoms with E-state index in [1.807, 2.05) is 0 Å². The van der Waals surface area contributed by atoms with Gasteiger partial charge in [0.15, 0.2) is 0 Å². The standard InChI is InChI=1S/C12H21O2P/c13-15(14)11-7-3-1-5-9(11)10-6-2-4-8-12(10)15/h9-12H,1-8H2,(H,13,14)/t9-,10+,11-,12+. The summed E-state index contributed by atoms with van der Waals surface area (Å²) in [5, 5.41) is 0. The van der Waals surface area contributed by atoms with Crippen LogP contribution in [0.4, 0.5) is 0 Å². The molecule has 2 aliphatic carbocycles. The summed E-state index contributed by atoms with van der Waals surface area (Å²) in [5.41, 5.74) is 0.388. The molecular formula is C12H21O2P. The number of fused-ring (bicyclic) bond motifs is 3. The summed E-state index contributed by atoms with van der Waals surface area (Å²) < 4.78 is 12.5. The molecule has 3 rings (SSSR count). The zero-order chi connectivity index (χ0) is 10.5. The largest absolute Gasteiger partial charge is 0.344 e. The van der Waals surface area contributed by atoms with Gasteiger partial charge >= 0.3 is 0 Å². The van der Waals surface area contributed by atoms with Crippen molar-refractivity contribution in [1.82, 2.24) is 0 Å². The van der Waals surface area contributed by atoms with Crippen LogP contribution in [0.1, 0.15) is 51.4 Å². The Balaban J connectivity index is 1.94. The van der Waals surface area contributed by atoms with E-state index in [2.05, 4.69) is 0 Å². The molecule has 15 heavy (non-hydrogen) atoms. The molecule has 0 bridgehead atoms. The molecule has 0 aromatic heterocycles. The van der Waals surface area contributed by atoms with E-state index in [0.717, 1.165) is 12.8 Å². The van der Waals surface area contributed by atoms with Crippen molar-refractivity contribution in [3.8, 4) is 0 Å². The summed E-state index contributed by atoms with van der Waals surface area (Å²) in [6, 6.07) is 0. The minimum absolute atomic E-state index is 0.194. The molecule has 1 saturated heterocycles. The van der Waals surface area contributed by atoms with E-state index >= 15 is 0 Å². The lowest BCUT2D eigenvalue weighted by Gasteiger charge is -2.30. The predicted molar refractivity (Wildman–Crippen MR) is 61.3 cm³/mol. The Bertz CT molecular complexity index is 276. The van der Waals surface area contributed by atoms with Gasteiger partial charge in [-0.05, 0) is 37.5 Å². The second-order valence-electron chi connectivity index (χ2n) is 5.70. The molecule has 0 amide bonds. The molecule has 1 aliphatic heterocycles. The van der Waals surface area contributed by atoms with Gasteiger partial charge in [-0.3, -0.25) is 4.57 Å². The third-order valence-electron chi connectivity index (χ3n) is 5.06. The topological polar surface area (TPSA) is 37.3 Å². The molecule has 5 atom stereocenters. The lowest BCUT2D eigenvalue weighted by Crippen LogP contribution is -2.26. The molecule has 1 heterocycles. The van der Waals surface area contributed by atoms with Crippen LogP contribution in [0.15, 0.2) is 0 Å². The second-order valence-corrected chi connectivity index (χ2v) is 8.38. The average molecular weight is 228 g/mol. The molecule has 3 heteroatoms. The normalized spacial score (nSPS) is 54.7. The third-order valence-corrected chi connectivity index (χ3v) is 8.25. The van der Waals surface area contributed by atoms with Crippen molar-refractivity contribution in [3.63, 3.8) is 0 Å². The molecule has 3 aliphatic rings. The fourth-order valence-electron chi connectivity index (χ4n) is 4.44. The van der Waals surface area contributed by atoms with E-state index in [-0.39, 0.29) is 11.3 Å². The van der Waals surface area contributed by atoms with Gasteiger partial charge in [0.05, 0.1) is 0 Å². The highest BCUT2D eigenvalue weighted by Gasteiger charge is 2.57. The summed E-state index contributed by atoms with van der Waals surface area (Å²) in [5.74, 6) is 1.22. The molecule has 0 radical (unpaired) electrons. The first-order valence-corrected chi connectivity index (χ1v) is 8.33. The van der Waals surface area contributed by atoms with Crippen LogP contribution in [0.5, 0.6) is 0 Å². The van der Waals surface area contributed by atoms with Crippen molar-refractivity contribution in [3.05, 3.63) is 0 Å². The van der Waals surface area contributed by atoms with E-state index in [1.54, 1.807) is 0 Å². The predicted octanol–water partition coefficient (Wildman–Crippen LogP) is 3.39. The van der Waals surface area contributed by atoms with Crippen LogP contribution in [0.3, 0.4) is 0 Å². The molecule has 1 N–H and O–H groups in total. The Labute approximate surface area is 91.9 Å². The lowest BCUT2D eigenvalue weighted by atomic mass is 9.73. The van der Waals surface area contributed by atoms with Gasteiger partial charge in [0, 0.05) is 11.3 Å². The van der Waals surface area contributed by atoms with Gasteiger partial charge in [0.2, 0.25) is 7.37 Å². The summed E-state index contributed by atoms with van der Waals surface area (Å²) in [6.07, 6.45) is 9.49. The smallest absolute Gasteiger partial charge is 0.207 e. The minimum atomic E-state index is -2.81. The van der Waals surface area contributed by atoms with Gasteiger partial charge in [-0.1, -0.05) is 25.7 Å². The van der Waals surface area contributed by atoms with E-state index in [1.165, 1.54) is 38.5 Å². The van der Waals surface area contributed by atoms with Crippen LogP contribution in [-0.2, 0) is 4.57 Å². The van der Waals surface area contributed by atoms with Crippen LogP contribution in [0.25, 0.3) is 0 Å². The van der Waals surface area contributed by atoms with Gasteiger partial charge in [-0.15, -0.1) is 0 Å². The molecular weight excluding hydrogens is 207 g/mol. The highest BCUT2D eigenvalue weighted by molar-refractivity contribution is 7.60. The molecule has 2 nitrogen and oxygen atoms in total. The molecule has 3 fully saturated rings. The van der Waals surface area contributed by atoms with Crippen LogP contribution < -0.4 is 0 Å². The fraction of sp³-hybridized carbons (Fsp3) is 1.00. The van der Waals surface area contributed by atoms with Crippen molar-refractivity contribution >= 4 is 7.37 Å². The van der Waals surface area contributed by atoms with Crippen molar-refractivity contribution in [2.75, 3.05) is 0 Å². The highest BCUT2D eigenvalue weighted by Crippen LogP contribution is 2.70. The van der Waals surface area contributed by atoms with Crippen LogP contribution >= 0.6 is 7.37 Å². The number of rotatable bonds is 0. The number of hydrogen-bond acceptors (Lipinski definition) is 1. The SMILES string of the molecule is O=P1(O)[C@@H]2CCCC[C@@H]2[C@@H]2CCCC[C@@H]21. The first-order valence-electron chi connectivity index (χ1n) is 6.53. The van der Waals surface area contributed by atoms with Crippen molar-refractivity contribution in [2.24, 2.45) is 11.8 Å². The summed E-state index contributed by atoms with van der Waals surface area (Å²) in [6.45, 7) is 0. The average Bonchev–Trinajstić information content (AvgIpc) is 2.51. The van der Waals surface area contributed by atoms with Gasteiger partial charge in [-0.2, -0.15) is 0 Å². The Morgan fingerprint density at radius 2 is 1.20 bits per heavy atom. The van der Waals surface area contributed by atoms with E-state index in [9.17, 15) is 9.46 Å². The van der Waals surface area contributed by atoms with E-state index in [4.69, 9.17) is 0 Å². The maximum Gasteiger partial charge on any atom is 0.207 e. The van der Waals surface area contributed by atoms with Gasteiger partial charge in [0.1, 0.15) is 0 Å². The fourth-order valence-corrected chi connectivity index (χ4v) is 7.88. The van der Waals surface area contributed by atoms with Crippen molar-refractivity contribution in [2.45, 2.75) is 62.7 Å². The molecule has 86 valence electrons. The van der Waals surface area contributed by atoms with Crippen LogP contribution in [0, 0.1) is 11.8 Å². The zero-order valence-corrected chi connectivity index (χ0v) is 10.2. The lowest BCUT2D eigenvalue weighted by molar-refractivity contribution is 0.231. The molecule has 0 aromatic rings. The summed E-state index contributed by atoms with van der Waals surface area (Å²) in [7, 11) is -2.81. The summed E-state index contributed by atoms with van der Waals surface area (Å²) >= 11 is 0. The van der Waals surface area contributed by atoms with E-state index < -0.39 is 7.37 Å². The van der Waals surface area contributed by atoms with E-state index in [0.29, 0.717) is 11.8 Å². The van der Waals surface area contributed by atoms with Crippen LogP contribution in [0.2, 0.25) is 0 Å². The second kappa shape index (κ2) is 3.60.